The second kappa shape index (κ2) is 8.32. The van der Waals surface area contributed by atoms with Crippen LogP contribution in [0.2, 0.25) is 0 Å². The van der Waals surface area contributed by atoms with E-state index in [0.717, 1.165) is 17.7 Å². The van der Waals surface area contributed by atoms with Gasteiger partial charge < -0.3 is 4.74 Å². The Morgan fingerprint density at radius 2 is 1.85 bits per heavy atom. The molecule has 3 rings (SSSR count). The molecule has 1 aliphatic rings. The first-order chi connectivity index (χ1) is 13.0. The number of amides is 1. The summed E-state index contributed by atoms with van der Waals surface area (Å²) in [7, 11) is 0. The SMILES string of the molecule is CCCOc1ccc(/C=C2\SC(=S)N(c3ccc([N+](=O)[O-])cc3)C2=O)cc1. The van der Waals surface area contributed by atoms with Gasteiger partial charge in [0.15, 0.2) is 4.32 Å². The molecule has 0 bridgehead atoms. The Kier molecular flexibility index (Phi) is 5.88. The zero-order valence-corrected chi connectivity index (χ0v) is 16.1. The number of hydrogen-bond donors (Lipinski definition) is 0. The summed E-state index contributed by atoms with van der Waals surface area (Å²) >= 11 is 6.52. The van der Waals surface area contributed by atoms with Crippen LogP contribution in [0.4, 0.5) is 11.4 Å². The highest BCUT2D eigenvalue weighted by Gasteiger charge is 2.33. The Morgan fingerprint density at radius 3 is 2.44 bits per heavy atom. The highest BCUT2D eigenvalue weighted by atomic mass is 32.2. The van der Waals surface area contributed by atoms with Crippen LogP contribution in [0.3, 0.4) is 0 Å². The van der Waals surface area contributed by atoms with Crippen LogP contribution in [-0.2, 0) is 4.79 Å². The predicted octanol–water partition coefficient (Wildman–Crippen LogP) is 4.79. The molecule has 0 N–H and O–H groups in total. The lowest BCUT2D eigenvalue weighted by Gasteiger charge is -2.13. The van der Waals surface area contributed by atoms with E-state index in [1.165, 1.54) is 40.9 Å². The van der Waals surface area contributed by atoms with Crippen LogP contribution in [0, 0.1) is 10.1 Å². The first-order valence-electron chi connectivity index (χ1n) is 8.25. The number of nitro groups is 1. The normalized spacial score (nSPS) is 15.4. The maximum Gasteiger partial charge on any atom is 0.270 e. The third-order valence-electron chi connectivity index (χ3n) is 3.76. The molecule has 0 aliphatic carbocycles. The van der Waals surface area contributed by atoms with Gasteiger partial charge in [-0.1, -0.05) is 43.0 Å². The van der Waals surface area contributed by atoms with Gasteiger partial charge in [-0.2, -0.15) is 0 Å². The van der Waals surface area contributed by atoms with Crippen LogP contribution in [-0.4, -0.2) is 21.8 Å². The van der Waals surface area contributed by atoms with Crippen molar-refractivity contribution in [2.75, 3.05) is 11.5 Å². The van der Waals surface area contributed by atoms with Crippen LogP contribution >= 0.6 is 24.0 Å². The second-order valence-corrected chi connectivity index (χ2v) is 7.38. The zero-order valence-electron chi connectivity index (χ0n) is 14.5. The van der Waals surface area contributed by atoms with Crippen LogP contribution in [0.5, 0.6) is 5.75 Å². The molecule has 0 unspecified atom stereocenters. The minimum Gasteiger partial charge on any atom is -0.494 e. The molecule has 138 valence electrons. The van der Waals surface area contributed by atoms with E-state index in [1.54, 1.807) is 6.08 Å². The van der Waals surface area contributed by atoms with E-state index in [1.807, 2.05) is 31.2 Å². The summed E-state index contributed by atoms with van der Waals surface area (Å²) in [5.74, 6) is 0.539. The van der Waals surface area contributed by atoms with E-state index in [4.69, 9.17) is 17.0 Å². The number of ether oxygens (including phenoxy) is 1. The van der Waals surface area contributed by atoms with Crippen molar-refractivity contribution in [2.24, 2.45) is 0 Å². The summed E-state index contributed by atoms with van der Waals surface area (Å²) in [6.45, 7) is 2.70. The Morgan fingerprint density at radius 1 is 1.19 bits per heavy atom. The molecule has 1 saturated heterocycles. The van der Waals surface area contributed by atoms with E-state index >= 15 is 0 Å². The predicted molar refractivity (Wildman–Crippen MR) is 111 cm³/mol. The number of thioether (sulfide) groups is 1. The van der Waals surface area contributed by atoms with Crippen molar-refractivity contribution in [1.82, 2.24) is 0 Å². The van der Waals surface area contributed by atoms with Crippen molar-refractivity contribution in [3.05, 3.63) is 69.1 Å². The maximum atomic E-state index is 12.7. The smallest absolute Gasteiger partial charge is 0.270 e. The van der Waals surface area contributed by atoms with Gasteiger partial charge in [0.1, 0.15) is 5.75 Å². The number of benzene rings is 2. The number of nitro benzene ring substituents is 1. The van der Waals surface area contributed by atoms with Crippen LogP contribution in [0.1, 0.15) is 18.9 Å². The molecule has 1 fully saturated rings. The van der Waals surface area contributed by atoms with Gasteiger partial charge in [-0.25, -0.2) is 0 Å². The van der Waals surface area contributed by atoms with E-state index in [-0.39, 0.29) is 11.6 Å². The molecule has 27 heavy (non-hydrogen) atoms. The van der Waals surface area contributed by atoms with Gasteiger partial charge in [0.2, 0.25) is 0 Å². The van der Waals surface area contributed by atoms with Gasteiger partial charge in [-0.05, 0) is 42.3 Å². The average Bonchev–Trinajstić information content (AvgIpc) is 2.94. The van der Waals surface area contributed by atoms with E-state index in [9.17, 15) is 14.9 Å². The lowest BCUT2D eigenvalue weighted by molar-refractivity contribution is -0.384. The third kappa shape index (κ3) is 4.35. The summed E-state index contributed by atoms with van der Waals surface area (Å²) in [6.07, 6.45) is 2.71. The molecule has 2 aromatic rings. The molecule has 8 heteroatoms. The number of carbonyl (C=O) groups is 1. The fourth-order valence-electron chi connectivity index (χ4n) is 2.45. The Bertz CT molecular complexity index is 908. The number of non-ortho nitro benzene ring substituents is 1. The molecule has 0 atom stereocenters. The Labute approximate surface area is 166 Å². The van der Waals surface area contributed by atoms with Gasteiger partial charge in [-0.15, -0.1) is 0 Å². The number of thiocarbonyl (C=S) groups is 1. The summed E-state index contributed by atoms with van der Waals surface area (Å²) in [5.41, 5.74) is 1.34. The summed E-state index contributed by atoms with van der Waals surface area (Å²) in [4.78, 5) is 24.9. The van der Waals surface area contributed by atoms with Gasteiger partial charge >= 0.3 is 0 Å². The summed E-state index contributed by atoms with van der Waals surface area (Å²) < 4.78 is 5.94. The van der Waals surface area contributed by atoms with Crippen molar-refractivity contribution in [3.63, 3.8) is 0 Å². The zero-order chi connectivity index (χ0) is 19.4. The first-order valence-corrected chi connectivity index (χ1v) is 9.47. The molecule has 0 aromatic heterocycles. The molecule has 0 radical (unpaired) electrons. The second-order valence-electron chi connectivity index (χ2n) is 5.71. The minimum atomic E-state index is -0.484. The number of hydrogen-bond acceptors (Lipinski definition) is 6. The van der Waals surface area contributed by atoms with E-state index < -0.39 is 4.92 Å². The van der Waals surface area contributed by atoms with Crippen LogP contribution < -0.4 is 9.64 Å². The topological polar surface area (TPSA) is 72.7 Å². The van der Waals surface area contributed by atoms with Crippen LogP contribution in [0.25, 0.3) is 6.08 Å². The fourth-order valence-corrected chi connectivity index (χ4v) is 3.74. The molecule has 0 saturated carbocycles. The molecule has 2 aromatic carbocycles. The highest BCUT2D eigenvalue weighted by Crippen LogP contribution is 2.36. The van der Waals surface area contributed by atoms with Crippen molar-refractivity contribution in [2.45, 2.75) is 13.3 Å². The molecule has 0 spiro atoms. The molecule has 1 aliphatic heterocycles. The standard InChI is InChI=1S/C19H16N2O4S2/c1-2-11-25-16-9-3-13(4-10-16)12-17-18(22)20(19(26)27-17)14-5-7-15(8-6-14)21(23)24/h3-10,12H,2,11H2,1H3/b17-12-. The van der Waals surface area contributed by atoms with Gasteiger partial charge in [0, 0.05) is 12.1 Å². The van der Waals surface area contributed by atoms with Gasteiger partial charge in [-0.3, -0.25) is 19.8 Å². The Balaban J connectivity index is 1.78. The molecule has 6 nitrogen and oxygen atoms in total. The van der Waals surface area contributed by atoms with E-state index in [0.29, 0.717) is 21.5 Å². The Hall–Kier alpha value is -2.71. The van der Waals surface area contributed by atoms with Crippen molar-refractivity contribution in [1.29, 1.82) is 0 Å². The molecular formula is C19H16N2O4S2. The number of nitrogens with zero attached hydrogens (tertiary/aromatic N) is 2. The maximum absolute atomic E-state index is 12.7. The van der Waals surface area contributed by atoms with E-state index in [2.05, 4.69) is 0 Å². The van der Waals surface area contributed by atoms with Gasteiger partial charge in [0.05, 0.1) is 22.1 Å². The lowest BCUT2D eigenvalue weighted by atomic mass is 10.2. The quantitative estimate of drug-likeness (QED) is 0.300. The average molecular weight is 400 g/mol. The number of anilines is 1. The highest BCUT2D eigenvalue weighted by molar-refractivity contribution is 8.27. The van der Waals surface area contributed by atoms with Crippen LogP contribution in [0.15, 0.2) is 53.4 Å². The summed E-state index contributed by atoms with van der Waals surface area (Å²) in [5, 5.41) is 10.8. The molecule has 1 heterocycles. The molecular weight excluding hydrogens is 384 g/mol. The molecule has 1 amide bonds. The monoisotopic (exact) mass is 400 g/mol. The van der Waals surface area contributed by atoms with Crippen molar-refractivity contribution >= 4 is 51.7 Å². The van der Waals surface area contributed by atoms with Gasteiger partial charge in [0.25, 0.3) is 11.6 Å². The first kappa shape index (κ1) is 19.1. The minimum absolute atomic E-state index is 0.0369. The summed E-state index contributed by atoms with van der Waals surface area (Å²) in [6, 6.07) is 13.2. The third-order valence-corrected chi connectivity index (χ3v) is 5.07. The van der Waals surface area contributed by atoms with Crippen molar-refractivity contribution in [3.8, 4) is 5.75 Å². The van der Waals surface area contributed by atoms with Crippen molar-refractivity contribution < 1.29 is 14.5 Å². The largest absolute Gasteiger partial charge is 0.494 e. The fraction of sp³-hybridized carbons (Fsp3) is 0.158. The number of rotatable bonds is 6. The lowest BCUT2D eigenvalue weighted by Crippen LogP contribution is -2.27. The number of carbonyl (C=O) groups excluding carboxylic acids is 1.